The molecule has 0 saturated heterocycles. The quantitative estimate of drug-likeness (QED) is 0.179. The molecule has 0 fully saturated rings. The maximum atomic E-state index is 2.46. The van der Waals surface area contributed by atoms with E-state index in [0.29, 0.717) is 0 Å². The maximum Gasteiger partial charge on any atom is 0.0468 e. The topological polar surface area (TPSA) is 3.24 Å². The standard InChI is InChI=1S/C52H45N/c1-50(2,3)35-19-21-36(22-20-35)53(38-24-28-44-46(31-38)51(4,5)45-29-18-32-12-8-10-14-39(32)47(44)45)37-23-27-41-34(30-37)17-26-43-42-25-16-33-13-9-11-15-40(33)48(42)52(6,7)49(41)43/h8-31H,1-7H3. The predicted octanol–water partition coefficient (Wildman–Crippen LogP) is 14.5. The molecule has 0 radical (unpaired) electrons. The Hall–Kier alpha value is -5.66. The molecular weight excluding hydrogens is 639 g/mol. The molecule has 2 aliphatic rings. The Balaban J connectivity index is 1.15. The Morgan fingerprint density at radius 3 is 1.64 bits per heavy atom. The van der Waals surface area contributed by atoms with Gasteiger partial charge in [0.05, 0.1) is 0 Å². The van der Waals surface area contributed by atoms with Crippen LogP contribution in [0, 0.1) is 0 Å². The van der Waals surface area contributed by atoms with Crippen LogP contribution in [0.4, 0.5) is 17.1 Å². The number of benzene rings is 8. The van der Waals surface area contributed by atoms with Crippen molar-refractivity contribution in [2.75, 3.05) is 4.90 Å². The Morgan fingerprint density at radius 2 is 0.943 bits per heavy atom. The van der Waals surface area contributed by atoms with Crippen molar-refractivity contribution in [2.24, 2.45) is 0 Å². The van der Waals surface area contributed by atoms with Gasteiger partial charge in [-0.2, -0.15) is 0 Å². The van der Waals surface area contributed by atoms with Crippen molar-refractivity contribution in [3.63, 3.8) is 0 Å². The number of hydrogen-bond donors (Lipinski definition) is 0. The van der Waals surface area contributed by atoms with Gasteiger partial charge < -0.3 is 4.90 Å². The van der Waals surface area contributed by atoms with E-state index in [-0.39, 0.29) is 16.2 Å². The van der Waals surface area contributed by atoms with Gasteiger partial charge in [-0.15, -0.1) is 0 Å². The van der Waals surface area contributed by atoms with E-state index in [1.807, 2.05) is 0 Å². The zero-order valence-electron chi connectivity index (χ0n) is 31.8. The van der Waals surface area contributed by atoms with Crippen LogP contribution in [0.2, 0.25) is 0 Å². The molecule has 53 heavy (non-hydrogen) atoms. The highest BCUT2D eigenvalue weighted by Gasteiger charge is 2.39. The molecule has 1 nitrogen and oxygen atoms in total. The summed E-state index contributed by atoms with van der Waals surface area (Å²) in [5, 5.41) is 7.89. The number of fused-ring (bicyclic) bond motifs is 12. The lowest BCUT2D eigenvalue weighted by Gasteiger charge is -2.29. The van der Waals surface area contributed by atoms with Crippen LogP contribution in [0.3, 0.4) is 0 Å². The van der Waals surface area contributed by atoms with Gasteiger partial charge in [-0.1, -0.05) is 158 Å². The first kappa shape index (κ1) is 32.0. The van der Waals surface area contributed by atoms with Crippen LogP contribution < -0.4 is 4.90 Å². The number of hydrogen-bond acceptors (Lipinski definition) is 1. The van der Waals surface area contributed by atoms with Gasteiger partial charge in [0.1, 0.15) is 0 Å². The summed E-state index contributed by atoms with van der Waals surface area (Å²) in [5.41, 5.74) is 15.8. The molecule has 0 saturated carbocycles. The minimum atomic E-state index is -0.125. The van der Waals surface area contributed by atoms with Crippen molar-refractivity contribution in [2.45, 2.75) is 64.7 Å². The van der Waals surface area contributed by atoms with Crippen molar-refractivity contribution in [3.8, 4) is 22.3 Å². The van der Waals surface area contributed by atoms with E-state index in [4.69, 9.17) is 0 Å². The van der Waals surface area contributed by atoms with Crippen LogP contribution in [0.5, 0.6) is 0 Å². The lowest BCUT2D eigenvalue weighted by Crippen LogP contribution is -2.17. The van der Waals surface area contributed by atoms with Crippen molar-refractivity contribution in [3.05, 3.63) is 173 Å². The van der Waals surface area contributed by atoms with E-state index in [2.05, 4.69) is 199 Å². The fourth-order valence-electron chi connectivity index (χ4n) is 9.84. The van der Waals surface area contributed by atoms with E-state index in [9.17, 15) is 0 Å². The van der Waals surface area contributed by atoms with Crippen molar-refractivity contribution in [1.29, 1.82) is 0 Å². The van der Waals surface area contributed by atoms with Crippen LogP contribution in [0.1, 0.15) is 76.3 Å². The maximum absolute atomic E-state index is 2.46. The molecule has 8 aromatic carbocycles. The predicted molar refractivity (Wildman–Crippen MR) is 227 cm³/mol. The van der Waals surface area contributed by atoms with Crippen LogP contribution in [0.15, 0.2) is 146 Å². The lowest BCUT2D eigenvalue weighted by atomic mass is 9.78. The molecule has 258 valence electrons. The summed E-state index contributed by atoms with van der Waals surface area (Å²) in [6.45, 7) is 16.5. The summed E-state index contributed by atoms with van der Waals surface area (Å²) in [5.74, 6) is 0. The molecule has 0 aliphatic heterocycles. The molecule has 1 heteroatoms. The Morgan fingerprint density at radius 1 is 0.415 bits per heavy atom. The van der Waals surface area contributed by atoms with Gasteiger partial charge in [-0.25, -0.2) is 0 Å². The third kappa shape index (κ3) is 4.56. The third-order valence-electron chi connectivity index (χ3n) is 12.5. The lowest BCUT2D eigenvalue weighted by molar-refractivity contribution is 0.590. The SMILES string of the molecule is CC(C)(C)c1ccc(N(c2ccc3c(c2)C(C)(C)c2ccc4ccccc4c2-3)c2ccc3c4c(ccc3c2)-c2ccc3ccccc3c2C4(C)C)cc1. The zero-order valence-corrected chi connectivity index (χ0v) is 31.8. The molecule has 0 N–H and O–H groups in total. The molecule has 8 aromatic rings. The highest BCUT2D eigenvalue weighted by Crippen LogP contribution is 2.55. The van der Waals surface area contributed by atoms with Crippen molar-refractivity contribution < 1.29 is 0 Å². The van der Waals surface area contributed by atoms with Gasteiger partial charge in [0.25, 0.3) is 0 Å². The Bertz CT molecular complexity index is 2810. The number of rotatable bonds is 3. The van der Waals surface area contributed by atoms with Crippen LogP contribution >= 0.6 is 0 Å². The molecule has 0 spiro atoms. The molecule has 0 amide bonds. The monoisotopic (exact) mass is 683 g/mol. The van der Waals surface area contributed by atoms with Gasteiger partial charge in [0.15, 0.2) is 0 Å². The minimum Gasteiger partial charge on any atom is -0.310 e. The van der Waals surface area contributed by atoms with Gasteiger partial charge in [-0.3, -0.25) is 0 Å². The van der Waals surface area contributed by atoms with E-state index in [0.717, 1.165) is 5.69 Å². The first-order valence-corrected chi connectivity index (χ1v) is 19.1. The summed E-state index contributed by atoms with van der Waals surface area (Å²) in [4.78, 5) is 2.46. The summed E-state index contributed by atoms with van der Waals surface area (Å²) >= 11 is 0. The van der Waals surface area contributed by atoms with Crippen LogP contribution in [-0.2, 0) is 16.2 Å². The van der Waals surface area contributed by atoms with Crippen molar-refractivity contribution in [1.82, 2.24) is 0 Å². The second-order valence-corrected chi connectivity index (χ2v) is 17.4. The molecular formula is C52H45N. The van der Waals surface area contributed by atoms with Gasteiger partial charge in [-0.05, 0) is 124 Å². The van der Waals surface area contributed by atoms with Crippen molar-refractivity contribution >= 4 is 49.4 Å². The van der Waals surface area contributed by atoms with Gasteiger partial charge in [0, 0.05) is 27.9 Å². The fourth-order valence-corrected chi connectivity index (χ4v) is 9.84. The number of nitrogens with zero attached hydrogens (tertiary/aromatic N) is 1. The molecule has 0 atom stereocenters. The molecule has 2 aliphatic carbocycles. The Kier molecular flexibility index (Phi) is 6.61. The summed E-state index contributed by atoms with van der Waals surface area (Å²) in [7, 11) is 0. The van der Waals surface area contributed by atoms with Gasteiger partial charge in [0.2, 0.25) is 0 Å². The van der Waals surface area contributed by atoms with E-state index in [1.165, 1.54) is 93.8 Å². The third-order valence-corrected chi connectivity index (χ3v) is 12.5. The summed E-state index contributed by atoms with van der Waals surface area (Å²) < 4.78 is 0. The smallest absolute Gasteiger partial charge is 0.0468 e. The fraction of sp³-hybridized carbons (Fsp3) is 0.192. The molecule has 0 aromatic heterocycles. The first-order chi connectivity index (χ1) is 25.4. The molecule has 10 rings (SSSR count). The second kappa shape index (κ2) is 10.9. The van der Waals surface area contributed by atoms with E-state index >= 15 is 0 Å². The largest absolute Gasteiger partial charge is 0.310 e. The van der Waals surface area contributed by atoms with E-state index in [1.54, 1.807) is 0 Å². The normalized spacial score (nSPS) is 15.0. The molecule has 0 unspecified atom stereocenters. The van der Waals surface area contributed by atoms with Crippen LogP contribution in [0.25, 0.3) is 54.6 Å². The number of anilines is 3. The zero-order chi connectivity index (χ0) is 36.4. The van der Waals surface area contributed by atoms with Gasteiger partial charge >= 0.3 is 0 Å². The van der Waals surface area contributed by atoms with Crippen LogP contribution in [-0.4, -0.2) is 0 Å². The summed E-state index contributed by atoms with van der Waals surface area (Å²) in [6, 6.07) is 55.2. The average Bonchev–Trinajstić information content (AvgIpc) is 3.54. The first-order valence-electron chi connectivity index (χ1n) is 19.1. The minimum absolute atomic E-state index is 0.0779. The highest BCUT2D eigenvalue weighted by atomic mass is 15.1. The molecule has 0 heterocycles. The molecule has 0 bridgehead atoms. The summed E-state index contributed by atoms with van der Waals surface area (Å²) in [6.07, 6.45) is 0. The average molecular weight is 684 g/mol. The second-order valence-electron chi connectivity index (χ2n) is 17.4. The highest BCUT2D eigenvalue weighted by molar-refractivity contribution is 6.05. The van der Waals surface area contributed by atoms with E-state index < -0.39 is 0 Å². The Labute approximate surface area is 313 Å².